The van der Waals surface area contributed by atoms with Crippen molar-refractivity contribution in [3.05, 3.63) is 225 Å². The predicted molar refractivity (Wildman–Crippen MR) is 520 cm³/mol. The fourth-order valence-electron chi connectivity index (χ4n) is 26.7. The Labute approximate surface area is 801 Å². The number of hydrogen-bond acceptors (Lipinski definition) is 14. The number of rotatable bonds is 25. The van der Waals surface area contributed by atoms with E-state index in [4.69, 9.17) is 0 Å². The fourth-order valence-corrected chi connectivity index (χ4v) is 26.7. The van der Waals surface area contributed by atoms with Crippen molar-refractivity contribution in [2.24, 2.45) is 124 Å². The highest BCUT2D eigenvalue weighted by atomic mass is 16.2. The SMILES string of the molecule is CC1=C(C)C(=O)N(CCCCC2CC3C=CC2C3)C1=O.CC1=C(C)C(=O)N(CCCCCCC2CC3C=CC2C3)C1=O.CC1=C(C)C(=O)N(c2ccc(CCC3CC4C=CC3C4)cc2)C1=O.CC1=CC(=O)N(CC2CC3C=CC2C3)C1=O.O=C1C2=C(C(=O)N1CC1CC3C=CC1C3)c1ccccc1CC2.O=C1C=CC(=O)N1CC1CC2C=CC1C2.O=C1C=CC(=O)N1CCC1CC2C=CC1C2. The number of unbranched alkanes of at least 4 members (excludes halogenated alkanes) is 4. The Morgan fingerprint density at radius 3 is 1.02 bits per heavy atom. The molecule has 21 atom stereocenters. The highest BCUT2D eigenvalue weighted by molar-refractivity contribution is 6.36. The van der Waals surface area contributed by atoms with Crippen LogP contribution >= 0.6 is 0 Å². The lowest BCUT2D eigenvalue weighted by Gasteiger charge is -2.24. The highest BCUT2D eigenvalue weighted by Gasteiger charge is 2.48. The molecular weight excluding hydrogens is 1700 g/mol. The maximum atomic E-state index is 12.9. The van der Waals surface area contributed by atoms with Gasteiger partial charge in [-0.3, -0.25) is 96.5 Å². The molecule has 24 rings (SSSR count). The van der Waals surface area contributed by atoms with Gasteiger partial charge in [-0.15, -0.1) is 0 Å². The molecule has 15 aliphatic carbocycles. The highest BCUT2D eigenvalue weighted by Crippen LogP contribution is 2.52. The number of hydrogen-bond donors (Lipinski definition) is 0. The van der Waals surface area contributed by atoms with Gasteiger partial charge in [0, 0.05) is 114 Å². The number of carbonyl (C=O) groups excluding carboxylic acids is 14. The molecule has 714 valence electrons. The summed E-state index contributed by atoms with van der Waals surface area (Å²) in [5.74, 6) is 13.3. The first-order chi connectivity index (χ1) is 65.5. The molecule has 21 unspecified atom stereocenters. The van der Waals surface area contributed by atoms with Crippen LogP contribution in [0.1, 0.15) is 226 Å². The van der Waals surface area contributed by atoms with Crippen LogP contribution in [0, 0.1) is 124 Å². The van der Waals surface area contributed by atoms with E-state index in [1.54, 1.807) is 48.5 Å². The molecule has 7 heterocycles. The molecule has 21 heteroatoms. The van der Waals surface area contributed by atoms with Crippen molar-refractivity contribution < 1.29 is 67.1 Å². The van der Waals surface area contributed by atoms with E-state index in [0.717, 1.165) is 135 Å². The summed E-state index contributed by atoms with van der Waals surface area (Å²) >= 11 is 0. The van der Waals surface area contributed by atoms with E-state index in [2.05, 4.69) is 103 Å². The van der Waals surface area contributed by atoms with Gasteiger partial charge in [0.2, 0.25) is 0 Å². The smallest absolute Gasteiger partial charge is 0.261 e. The Kier molecular flexibility index (Phi) is 28.6. The van der Waals surface area contributed by atoms with Crippen LogP contribution in [-0.2, 0) is 80.0 Å². The maximum absolute atomic E-state index is 12.9. The number of allylic oxidation sites excluding steroid dienone is 14. The van der Waals surface area contributed by atoms with Gasteiger partial charge in [0.25, 0.3) is 82.7 Å². The van der Waals surface area contributed by atoms with E-state index in [9.17, 15) is 67.1 Å². The molecule has 2 aromatic carbocycles. The Morgan fingerprint density at radius 2 is 0.625 bits per heavy atom. The first kappa shape index (κ1) is 95.1. The lowest BCUT2D eigenvalue weighted by Crippen LogP contribution is -2.37. The second kappa shape index (κ2) is 40.8. The molecule has 0 N–H and O–H groups in total. The molecular formula is C115H135N7O14. The molecule has 0 saturated heterocycles. The van der Waals surface area contributed by atoms with Gasteiger partial charge in [-0.1, -0.05) is 147 Å². The van der Waals surface area contributed by atoms with E-state index in [1.165, 1.54) is 179 Å². The number of benzene rings is 2. The van der Waals surface area contributed by atoms with Crippen LogP contribution in [-0.4, -0.2) is 151 Å². The molecule has 7 saturated carbocycles. The number of fused-ring (bicyclic) bond motifs is 16. The normalized spacial score (nSPS) is 32.5. The third-order valence-electron chi connectivity index (χ3n) is 35.0. The topological polar surface area (TPSA) is 262 Å². The van der Waals surface area contributed by atoms with E-state index in [1.807, 2.05) is 30.3 Å². The molecule has 14 amide bonds. The van der Waals surface area contributed by atoms with Crippen LogP contribution in [0.3, 0.4) is 0 Å². The molecule has 7 aliphatic heterocycles. The lowest BCUT2D eigenvalue weighted by atomic mass is 9.87. The first-order valence-corrected chi connectivity index (χ1v) is 51.3. The summed E-state index contributed by atoms with van der Waals surface area (Å²) in [6.07, 6.45) is 71.4. The minimum Gasteiger partial charge on any atom is -0.275 e. The summed E-state index contributed by atoms with van der Waals surface area (Å²) in [5, 5.41) is 0. The molecule has 21 nitrogen and oxygen atoms in total. The van der Waals surface area contributed by atoms with Crippen LogP contribution in [0.25, 0.3) is 5.57 Å². The first-order valence-electron chi connectivity index (χ1n) is 51.3. The van der Waals surface area contributed by atoms with Gasteiger partial charge in [0.05, 0.1) is 11.3 Å². The molecule has 22 aliphatic rings. The zero-order valence-electron chi connectivity index (χ0n) is 80.4. The molecule has 14 bridgehead atoms. The molecule has 2 aromatic rings. The number of carbonyl (C=O) groups is 14. The fraction of sp³-hybridized carbons (Fsp3) is 0.530. The van der Waals surface area contributed by atoms with Crippen LogP contribution in [0.5, 0.6) is 0 Å². The standard InChI is InChI=1S/C21H23NO2.C20H19NO2.C19H27NO2.C17H23NO2.2C13H15NO2.C12H13NO2/c1-13-14(2)21(24)22(20(13)23)19-9-5-15(6-10-19)3-7-17-11-16-4-8-18(17)12-16;22-19-17-8-7-13-3-1-2-4-16(13)18(17)20(23)21(19)11-15-10-12-5-6-14(15)9-12;1-13-14(2)19(22)20(18(13)21)10-6-4-3-5-7-16-11-15-8-9-17(16)12-15;1-11-12(2)17(20)18(16(11)19)8-4-3-5-14-9-13-6-7-15(14)10-13;1-8-4-12(15)14(13(8)16)7-11-6-9-2-3-10(11)5-9;15-12-3-4-13(16)14(12)6-5-11-8-9-1-2-10(11)7-9;14-11-3-4-12(15)13(11)7-10-6-8-1-2-9(10)5-8/h4-6,8-10,16-18H,3,7,11-12H2,1-2H3;1-6,12,14-15H,7-11H2;8-9,15-17H,3-7,10-12H2,1-2H3;6-7,13-15H,3-5,8-10H2,1-2H3;2-4,9-11H,5-7H2,1H3;1-4,9-11H,5-8H2;1-4,8-10H,5-7H2. The monoisotopic (exact) mass is 1840 g/mol. The number of amides is 14. The van der Waals surface area contributed by atoms with Gasteiger partial charge in [-0.05, 0) is 349 Å². The van der Waals surface area contributed by atoms with Crippen molar-refractivity contribution in [2.75, 3.05) is 44.2 Å². The number of imide groups is 7. The minimum absolute atomic E-state index is 0.0359. The third kappa shape index (κ3) is 20.0. The van der Waals surface area contributed by atoms with E-state index < -0.39 is 0 Å². The summed E-state index contributed by atoms with van der Waals surface area (Å²) in [7, 11) is 0. The Balaban J connectivity index is 0.000000106. The van der Waals surface area contributed by atoms with Crippen LogP contribution in [0.15, 0.2) is 209 Å². The van der Waals surface area contributed by atoms with Crippen molar-refractivity contribution in [2.45, 2.75) is 222 Å². The van der Waals surface area contributed by atoms with Crippen molar-refractivity contribution in [3.8, 4) is 0 Å². The number of nitrogens with zero attached hydrogens (tertiary/aromatic N) is 7. The van der Waals surface area contributed by atoms with E-state index in [0.29, 0.717) is 161 Å². The second-order valence-corrected chi connectivity index (χ2v) is 43.3. The Bertz CT molecular complexity index is 5560. The van der Waals surface area contributed by atoms with Gasteiger partial charge in [0.15, 0.2) is 0 Å². The zero-order chi connectivity index (χ0) is 95.2. The second-order valence-electron chi connectivity index (χ2n) is 43.3. The predicted octanol–water partition coefficient (Wildman–Crippen LogP) is 18.1. The molecule has 0 spiro atoms. The van der Waals surface area contributed by atoms with Crippen molar-refractivity contribution in [1.82, 2.24) is 29.4 Å². The van der Waals surface area contributed by atoms with Crippen molar-refractivity contribution in [3.63, 3.8) is 0 Å². The van der Waals surface area contributed by atoms with Gasteiger partial charge in [-0.25, -0.2) is 4.90 Å². The van der Waals surface area contributed by atoms with Gasteiger partial charge in [-0.2, -0.15) is 0 Å². The average Bonchev–Trinajstić information content (AvgIpc) is 1.59. The van der Waals surface area contributed by atoms with Gasteiger partial charge in [0.1, 0.15) is 0 Å². The molecule has 136 heavy (non-hydrogen) atoms. The Morgan fingerprint density at radius 1 is 0.272 bits per heavy atom. The van der Waals surface area contributed by atoms with Crippen LogP contribution in [0.2, 0.25) is 0 Å². The van der Waals surface area contributed by atoms with Gasteiger partial charge < -0.3 is 0 Å². The quantitative estimate of drug-likeness (QED) is 0.0509. The number of aryl methyl sites for hydroxylation is 2. The summed E-state index contributed by atoms with van der Waals surface area (Å²) in [4.78, 5) is 176. The summed E-state index contributed by atoms with van der Waals surface area (Å²) in [6.45, 7) is 15.7. The largest absolute Gasteiger partial charge is 0.275 e. The van der Waals surface area contributed by atoms with Crippen LogP contribution < -0.4 is 4.90 Å². The maximum Gasteiger partial charge on any atom is 0.261 e. The van der Waals surface area contributed by atoms with Gasteiger partial charge >= 0.3 is 0 Å². The van der Waals surface area contributed by atoms with E-state index >= 15 is 0 Å². The summed E-state index contributed by atoms with van der Waals surface area (Å²) in [5.41, 5.74) is 9.69. The summed E-state index contributed by atoms with van der Waals surface area (Å²) in [6, 6.07) is 15.9. The lowest BCUT2D eigenvalue weighted by molar-refractivity contribution is -0.139. The van der Waals surface area contributed by atoms with Crippen molar-refractivity contribution in [1.29, 1.82) is 0 Å². The molecule has 0 aromatic heterocycles. The third-order valence-corrected chi connectivity index (χ3v) is 35.0. The zero-order valence-corrected chi connectivity index (χ0v) is 80.4. The summed E-state index contributed by atoms with van der Waals surface area (Å²) < 4.78 is 0. The van der Waals surface area contributed by atoms with Crippen LogP contribution in [0.4, 0.5) is 5.69 Å². The minimum atomic E-state index is -0.195. The number of anilines is 1. The van der Waals surface area contributed by atoms with Crippen molar-refractivity contribution >= 4 is 94.0 Å². The Hall–Kier alpha value is -11.2. The molecule has 7 fully saturated rings. The average molecular weight is 1840 g/mol. The molecule has 0 radical (unpaired) electrons. The van der Waals surface area contributed by atoms with E-state index in [-0.39, 0.29) is 82.7 Å².